The first-order chi connectivity index (χ1) is 20.3. The molecule has 18 heteroatoms. The molecule has 2 fully saturated rings. The quantitative estimate of drug-likeness (QED) is 0.346. The molecule has 2 atom stereocenters. The molecule has 242 valence electrons. The molecule has 2 aliphatic rings. The Morgan fingerprint density at radius 1 is 0.932 bits per heavy atom. The van der Waals surface area contributed by atoms with Crippen molar-refractivity contribution in [3.8, 4) is 0 Å². The summed E-state index contributed by atoms with van der Waals surface area (Å²) >= 11 is 6.24. The number of anilines is 1. The van der Waals surface area contributed by atoms with Gasteiger partial charge in [-0.05, 0) is 23.8 Å². The summed E-state index contributed by atoms with van der Waals surface area (Å²) in [5.74, 6) is -1.24. The van der Waals surface area contributed by atoms with Crippen LogP contribution in [0.25, 0.3) is 0 Å². The van der Waals surface area contributed by atoms with Crippen LogP contribution in [0.1, 0.15) is 21.5 Å². The van der Waals surface area contributed by atoms with E-state index in [1.807, 2.05) is 4.90 Å². The average Bonchev–Trinajstić information content (AvgIpc) is 3.18. The molecule has 2 aromatic rings. The molecule has 4 rings (SSSR count). The summed E-state index contributed by atoms with van der Waals surface area (Å²) in [5.41, 5.74) is -5.60. The number of sulfone groups is 1. The average molecular weight is 673 g/mol. The van der Waals surface area contributed by atoms with Gasteiger partial charge in [-0.1, -0.05) is 35.9 Å². The number of hydrogen-bond donors (Lipinski definition) is 4. The molecule has 44 heavy (non-hydrogen) atoms. The van der Waals surface area contributed by atoms with Gasteiger partial charge in [0.1, 0.15) is 0 Å². The Morgan fingerprint density at radius 3 is 2.02 bits per heavy atom. The molecule has 10 nitrogen and oxygen atoms in total. The lowest BCUT2D eigenvalue weighted by Gasteiger charge is -2.35. The monoisotopic (exact) mass is 672 g/mol. The van der Waals surface area contributed by atoms with Gasteiger partial charge in [0.2, 0.25) is 0 Å². The normalized spacial score (nSPS) is 21.2. The number of halogens is 7. The first-order valence-corrected chi connectivity index (χ1v) is 15.2. The van der Waals surface area contributed by atoms with Gasteiger partial charge in [0.15, 0.2) is 9.84 Å². The summed E-state index contributed by atoms with van der Waals surface area (Å²) in [6, 6.07) is 5.69. The Kier molecular flexibility index (Phi) is 9.47. The number of aliphatic hydroxyl groups excluding tert-OH is 1. The van der Waals surface area contributed by atoms with E-state index in [2.05, 4.69) is 10.6 Å². The van der Waals surface area contributed by atoms with Crippen molar-refractivity contribution >= 4 is 39.1 Å². The summed E-state index contributed by atoms with van der Waals surface area (Å²) in [5, 5.41) is 24.2. The number of nitrogens with one attached hydrogen (secondary N) is 2. The zero-order valence-electron chi connectivity index (χ0n) is 22.6. The number of amides is 3. The Hall–Kier alpha value is -3.12. The third-order valence-corrected chi connectivity index (χ3v) is 9.39. The van der Waals surface area contributed by atoms with E-state index in [-0.39, 0.29) is 41.8 Å². The van der Waals surface area contributed by atoms with E-state index < -0.39 is 63.0 Å². The molecule has 0 aliphatic carbocycles. The summed E-state index contributed by atoms with van der Waals surface area (Å²) in [7, 11) is -3.47. The van der Waals surface area contributed by atoms with Crippen LogP contribution in [0.5, 0.6) is 0 Å². The molecule has 2 heterocycles. The Morgan fingerprint density at radius 2 is 1.52 bits per heavy atom. The van der Waals surface area contributed by atoms with Crippen molar-refractivity contribution in [2.75, 3.05) is 43.0 Å². The largest absolute Gasteiger partial charge is 0.430 e. The van der Waals surface area contributed by atoms with E-state index in [0.29, 0.717) is 30.8 Å². The number of benzene rings is 2. The van der Waals surface area contributed by atoms with Gasteiger partial charge in [0, 0.05) is 43.9 Å². The second kappa shape index (κ2) is 12.3. The maximum absolute atomic E-state index is 13.1. The van der Waals surface area contributed by atoms with Crippen LogP contribution < -0.4 is 10.6 Å². The Labute approximate surface area is 252 Å². The zero-order valence-corrected chi connectivity index (χ0v) is 24.2. The molecule has 0 bridgehead atoms. The Balaban J connectivity index is 1.31. The lowest BCUT2D eigenvalue weighted by Crippen LogP contribution is -2.53. The molecule has 2 aliphatic heterocycles. The lowest BCUT2D eigenvalue weighted by molar-refractivity contribution is -0.376. The van der Waals surface area contributed by atoms with Crippen molar-refractivity contribution in [2.24, 2.45) is 0 Å². The molecule has 0 unspecified atom stereocenters. The van der Waals surface area contributed by atoms with E-state index in [9.17, 15) is 54.6 Å². The van der Waals surface area contributed by atoms with E-state index in [0.717, 1.165) is 12.1 Å². The van der Waals surface area contributed by atoms with Crippen LogP contribution >= 0.6 is 11.6 Å². The molecule has 0 saturated carbocycles. The van der Waals surface area contributed by atoms with E-state index in [1.165, 1.54) is 23.1 Å². The first-order valence-electron chi connectivity index (χ1n) is 13.0. The predicted octanol–water partition coefficient (Wildman–Crippen LogP) is 2.89. The maximum Gasteiger partial charge on any atom is 0.430 e. The van der Waals surface area contributed by atoms with Crippen molar-refractivity contribution in [1.82, 2.24) is 15.1 Å². The highest BCUT2D eigenvalue weighted by atomic mass is 35.5. The zero-order chi connectivity index (χ0) is 32.7. The van der Waals surface area contributed by atoms with Crippen LogP contribution in [-0.2, 0) is 22.0 Å². The second-order valence-electron chi connectivity index (χ2n) is 10.5. The fourth-order valence-corrected chi connectivity index (χ4v) is 6.90. The number of nitrogens with zero attached hydrogens (tertiary/aromatic N) is 2. The fourth-order valence-electron chi connectivity index (χ4n) is 4.93. The molecular formula is C26H27ClF6N4O6S. The first kappa shape index (κ1) is 33.8. The molecule has 3 amide bonds. The van der Waals surface area contributed by atoms with Crippen LogP contribution in [-0.4, -0.2) is 103 Å². The summed E-state index contributed by atoms with van der Waals surface area (Å²) in [4.78, 5) is 28.7. The van der Waals surface area contributed by atoms with Crippen molar-refractivity contribution in [3.63, 3.8) is 0 Å². The second-order valence-corrected chi connectivity index (χ2v) is 13.1. The van der Waals surface area contributed by atoms with Crippen LogP contribution in [0.4, 0.5) is 36.8 Å². The van der Waals surface area contributed by atoms with Gasteiger partial charge in [-0.3, -0.25) is 9.69 Å². The molecule has 0 spiro atoms. The third-order valence-electron chi connectivity index (χ3n) is 7.36. The number of hydrogen-bond acceptors (Lipinski definition) is 7. The van der Waals surface area contributed by atoms with Crippen LogP contribution in [0.2, 0.25) is 5.02 Å². The van der Waals surface area contributed by atoms with Gasteiger partial charge in [-0.15, -0.1) is 0 Å². The SMILES string of the molecule is O=C(Nc1ccc(C(=O)N2CCN(Cc3ccc(C(O)(C(F)(F)F)C(F)(F)F)cc3)CC2)cc1Cl)N[C@H]1CS(=O)(=O)C[C@H]1O. The van der Waals surface area contributed by atoms with Gasteiger partial charge in [-0.25, -0.2) is 13.2 Å². The van der Waals surface area contributed by atoms with Crippen molar-refractivity contribution in [2.45, 2.75) is 36.6 Å². The third kappa shape index (κ3) is 7.22. The topological polar surface area (TPSA) is 139 Å². The minimum Gasteiger partial charge on any atom is -0.390 e. The van der Waals surface area contributed by atoms with Gasteiger partial charge < -0.3 is 25.7 Å². The van der Waals surface area contributed by atoms with Crippen LogP contribution in [0.15, 0.2) is 42.5 Å². The lowest BCUT2D eigenvalue weighted by atomic mass is 9.91. The highest BCUT2D eigenvalue weighted by Gasteiger charge is 2.71. The molecule has 0 aromatic heterocycles. The molecule has 4 N–H and O–H groups in total. The predicted molar refractivity (Wildman–Crippen MR) is 146 cm³/mol. The summed E-state index contributed by atoms with van der Waals surface area (Å²) < 4.78 is 102. The molecule has 0 radical (unpaired) electrons. The smallest absolute Gasteiger partial charge is 0.390 e. The number of rotatable bonds is 6. The van der Waals surface area contributed by atoms with Crippen molar-refractivity contribution in [1.29, 1.82) is 0 Å². The number of urea groups is 1. The van der Waals surface area contributed by atoms with Gasteiger partial charge in [0.25, 0.3) is 11.5 Å². The molecular weight excluding hydrogens is 646 g/mol. The highest BCUT2D eigenvalue weighted by Crippen LogP contribution is 2.50. The number of aliphatic hydroxyl groups is 2. The standard InChI is InChI=1S/C26H27ClF6N4O6S/c27-18-11-16(3-6-19(18)34-23(40)35-20-13-44(42,43)14-21(20)38)22(39)37-9-7-36(8-10-37)12-15-1-4-17(5-2-15)24(41,25(28,29)30)26(31,32)33/h1-6,11,20-21,38,41H,7-10,12-14H2,(H2,34,35,40)/t20-,21+/m0/s1. The Bertz CT molecular complexity index is 1480. The van der Waals surface area contributed by atoms with Crippen molar-refractivity contribution in [3.05, 3.63) is 64.2 Å². The van der Waals surface area contributed by atoms with E-state index in [1.54, 1.807) is 0 Å². The minimum absolute atomic E-state index is 0.0237. The number of carbonyl (C=O) groups is 2. The van der Waals surface area contributed by atoms with Crippen LogP contribution in [0, 0.1) is 0 Å². The van der Waals surface area contributed by atoms with E-state index in [4.69, 9.17) is 11.6 Å². The van der Waals surface area contributed by atoms with Gasteiger partial charge in [0.05, 0.1) is 34.4 Å². The van der Waals surface area contributed by atoms with Crippen molar-refractivity contribution < 1.29 is 54.6 Å². The number of carbonyl (C=O) groups excluding carboxylic acids is 2. The molecule has 2 saturated heterocycles. The maximum atomic E-state index is 13.1. The van der Waals surface area contributed by atoms with Gasteiger partial charge >= 0.3 is 18.4 Å². The van der Waals surface area contributed by atoms with Gasteiger partial charge in [-0.2, -0.15) is 26.3 Å². The molecule has 2 aromatic carbocycles. The number of alkyl halides is 6. The fraction of sp³-hybridized carbons (Fsp3) is 0.462. The number of piperazine rings is 1. The highest BCUT2D eigenvalue weighted by molar-refractivity contribution is 7.91. The summed E-state index contributed by atoms with van der Waals surface area (Å²) in [6.07, 6.45) is -13.2. The minimum atomic E-state index is -5.97. The van der Waals surface area contributed by atoms with E-state index >= 15 is 0 Å². The summed E-state index contributed by atoms with van der Waals surface area (Å²) in [6.45, 7) is 1.38. The van der Waals surface area contributed by atoms with Crippen LogP contribution in [0.3, 0.4) is 0 Å².